The zero-order chi connectivity index (χ0) is 17.4. The van der Waals surface area contributed by atoms with Crippen LogP contribution in [0.5, 0.6) is 11.5 Å². The zero-order valence-electron chi connectivity index (χ0n) is 14.2. The van der Waals surface area contributed by atoms with Gasteiger partial charge in [-0.05, 0) is 41.3 Å². The molecule has 0 unspecified atom stereocenters. The van der Waals surface area contributed by atoms with Crippen LogP contribution in [-0.2, 0) is 4.79 Å². The summed E-state index contributed by atoms with van der Waals surface area (Å²) in [4.78, 5) is 11.8. The largest absolute Gasteiger partial charge is 0.497 e. The molecule has 0 aliphatic carbocycles. The van der Waals surface area contributed by atoms with E-state index in [4.69, 9.17) is 9.47 Å². The van der Waals surface area contributed by atoms with Gasteiger partial charge in [-0.25, -0.2) is 5.43 Å². The Morgan fingerprint density at radius 3 is 2.67 bits per heavy atom. The Labute approximate surface area is 142 Å². The molecule has 0 saturated carbocycles. The standard InChI is InChI=1S/C19H22N2O3/c1-14(2)16-7-5-9-18(11-16)24-13-19(22)21-20-12-15-6-4-8-17(10-15)23-3/h4-12,14H,13H2,1-3H3,(H,21,22)/b20-12+. The molecule has 0 radical (unpaired) electrons. The van der Waals surface area contributed by atoms with Gasteiger partial charge in [-0.15, -0.1) is 0 Å². The number of carbonyl (C=O) groups is 1. The number of amides is 1. The summed E-state index contributed by atoms with van der Waals surface area (Å²) in [5, 5.41) is 3.91. The molecule has 2 aromatic carbocycles. The van der Waals surface area contributed by atoms with Gasteiger partial charge in [-0.2, -0.15) is 5.10 Å². The van der Waals surface area contributed by atoms with Gasteiger partial charge in [0, 0.05) is 0 Å². The van der Waals surface area contributed by atoms with E-state index in [0.29, 0.717) is 11.7 Å². The van der Waals surface area contributed by atoms with Crippen molar-refractivity contribution in [2.75, 3.05) is 13.7 Å². The minimum atomic E-state index is -0.316. The highest BCUT2D eigenvalue weighted by Crippen LogP contribution is 2.19. The SMILES string of the molecule is COc1cccc(/C=N/NC(=O)COc2cccc(C(C)C)c2)c1. The molecule has 0 saturated heterocycles. The summed E-state index contributed by atoms with van der Waals surface area (Å²) >= 11 is 0. The number of rotatable bonds is 7. The van der Waals surface area contributed by atoms with Gasteiger partial charge in [0.2, 0.25) is 0 Å². The van der Waals surface area contributed by atoms with E-state index in [1.165, 1.54) is 5.56 Å². The zero-order valence-corrected chi connectivity index (χ0v) is 14.2. The summed E-state index contributed by atoms with van der Waals surface area (Å²) in [5.74, 6) is 1.51. The van der Waals surface area contributed by atoms with Crippen LogP contribution >= 0.6 is 0 Å². The first-order valence-electron chi connectivity index (χ1n) is 7.77. The van der Waals surface area contributed by atoms with E-state index < -0.39 is 0 Å². The van der Waals surface area contributed by atoms with Gasteiger partial charge in [0.1, 0.15) is 11.5 Å². The van der Waals surface area contributed by atoms with E-state index in [9.17, 15) is 4.79 Å². The molecule has 1 amide bonds. The minimum Gasteiger partial charge on any atom is -0.497 e. The fourth-order valence-corrected chi connectivity index (χ4v) is 2.05. The fraction of sp³-hybridized carbons (Fsp3) is 0.263. The summed E-state index contributed by atoms with van der Waals surface area (Å²) in [6, 6.07) is 15.1. The van der Waals surface area contributed by atoms with E-state index in [1.54, 1.807) is 13.3 Å². The van der Waals surface area contributed by atoms with Crippen molar-refractivity contribution >= 4 is 12.1 Å². The van der Waals surface area contributed by atoms with Crippen molar-refractivity contribution in [3.8, 4) is 11.5 Å². The van der Waals surface area contributed by atoms with Crippen LogP contribution in [0.2, 0.25) is 0 Å². The van der Waals surface area contributed by atoms with Crippen molar-refractivity contribution in [3.63, 3.8) is 0 Å². The van der Waals surface area contributed by atoms with Crippen LogP contribution in [0.15, 0.2) is 53.6 Å². The molecule has 0 spiro atoms. The lowest BCUT2D eigenvalue weighted by molar-refractivity contribution is -0.123. The molecular formula is C19H22N2O3. The number of nitrogens with one attached hydrogen (secondary N) is 1. The molecule has 5 heteroatoms. The van der Waals surface area contributed by atoms with Gasteiger partial charge in [-0.1, -0.05) is 38.1 Å². The van der Waals surface area contributed by atoms with Crippen molar-refractivity contribution in [2.24, 2.45) is 5.10 Å². The Bertz CT molecular complexity index is 711. The van der Waals surface area contributed by atoms with Crippen molar-refractivity contribution in [1.29, 1.82) is 0 Å². The maximum Gasteiger partial charge on any atom is 0.277 e. The Hall–Kier alpha value is -2.82. The number of hydrazone groups is 1. The summed E-state index contributed by atoms with van der Waals surface area (Å²) in [6.07, 6.45) is 1.56. The maximum absolute atomic E-state index is 11.8. The Kier molecular flexibility index (Phi) is 6.37. The van der Waals surface area contributed by atoms with Crippen molar-refractivity contribution in [1.82, 2.24) is 5.43 Å². The van der Waals surface area contributed by atoms with Gasteiger partial charge in [0.15, 0.2) is 6.61 Å². The first-order chi connectivity index (χ1) is 11.6. The minimum absolute atomic E-state index is 0.0863. The average molecular weight is 326 g/mol. The maximum atomic E-state index is 11.8. The van der Waals surface area contributed by atoms with Crippen LogP contribution in [0.1, 0.15) is 30.9 Å². The van der Waals surface area contributed by atoms with Crippen molar-refractivity contribution < 1.29 is 14.3 Å². The van der Waals surface area contributed by atoms with Crippen LogP contribution < -0.4 is 14.9 Å². The number of ether oxygens (including phenoxy) is 2. The molecule has 5 nitrogen and oxygen atoms in total. The number of hydrogen-bond donors (Lipinski definition) is 1. The first-order valence-corrected chi connectivity index (χ1v) is 7.77. The molecule has 0 fully saturated rings. The number of methoxy groups -OCH3 is 1. The molecule has 2 aromatic rings. The molecule has 0 bridgehead atoms. The molecule has 126 valence electrons. The third kappa shape index (κ3) is 5.43. The van der Waals surface area contributed by atoms with E-state index in [-0.39, 0.29) is 12.5 Å². The number of hydrogen-bond acceptors (Lipinski definition) is 4. The number of nitrogens with zero attached hydrogens (tertiary/aromatic N) is 1. The third-order valence-electron chi connectivity index (χ3n) is 3.39. The molecule has 0 heterocycles. The molecule has 1 N–H and O–H groups in total. The Morgan fingerprint density at radius 1 is 1.17 bits per heavy atom. The average Bonchev–Trinajstić information content (AvgIpc) is 2.60. The van der Waals surface area contributed by atoms with Crippen LogP contribution in [0.3, 0.4) is 0 Å². The van der Waals surface area contributed by atoms with E-state index in [2.05, 4.69) is 24.4 Å². The van der Waals surface area contributed by atoms with Crippen LogP contribution in [-0.4, -0.2) is 25.8 Å². The predicted octanol–water partition coefficient (Wildman–Crippen LogP) is 3.35. The lowest BCUT2D eigenvalue weighted by Gasteiger charge is -2.09. The van der Waals surface area contributed by atoms with Gasteiger partial charge in [0.05, 0.1) is 13.3 Å². The summed E-state index contributed by atoms with van der Waals surface area (Å²) in [5.41, 5.74) is 4.44. The monoisotopic (exact) mass is 326 g/mol. The Balaban J connectivity index is 1.83. The molecule has 24 heavy (non-hydrogen) atoms. The fourth-order valence-electron chi connectivity index (χ4n) is 2.05. The van der Waals surface area contributed by atoms with Crippen LogP contribution in [0, 0.1) is 0 Å². The van der Waals surface area contributed by atoms with Crippen LogP contribution in [0.25, 0.3) is 0 Å². The summed E-state index contributed by atoms with van der Waals surface area (Å²) in [6.45, 7) is 4.13. The van der Waals surface area contributed by atoms with Crippen LogP contribution in [0.4, 0.5) is 0 Å². The molecule has 0 aromatic heterocycles. The van der Waals surface area contributed by atoms with E-state index in [0.717, 1.165) is 11.3 Å². The summed E-state index contributed by atoms with van der Waals surface area (Å²) in [7, 11) is 1.60. The predicted molar refractivity (Wildman–Crippen MR) is 94.8 cm³/mol. The lowest BCUT2D eigenvalue weighted by Crippen LogP contribution is -2.24. The second-order valence-corrected chi connectivity index (χ2v) is 5.59. The highest BCUT2D eigenvalue weighted by molar-refractivity contribution is 5.83. The second-order valence-electron chi connectivity index (χ2n) is 5.59. The molecule has 0 aliphatic heterocycles. The number of carbonyl (C=O) groups excluding carboxylic acids is 1. The smallest absolute Gasteiger partial charge is 0.277 e. The Morgan fingerprint density at radius 2 is 1.92 bits per heavy atom. The highest BCUT2D eigenvalue weighted by Gasteiger charge is 2.04. The molecule has 0 atom stereocenters. The van der Waals surface area contributed by atoms with E-state index in [1.807, 2.05) is 48.5 Å². The first kappa shape index (κ1) is 17.5. The topological polar surface area (TPSA) is 59.9 Å². The summed E-state index contributed by atoms with van der Waals surface area (Å²) < 4.78 is 10.6. The van der Waals surface area contributed by atoms with Gasteiger partial charge >= 0.3 is 0 Å². The second kappa shape index (κ2) is 8.72. The van der Waals surface area contributed by atoms with Crippen molar-refractivity contribution in [2.45, 2.75) is 19.8 Å². The van der Waals surface area contributed by atoms with Gasteiger partial charge in [-0.3, -0.25) is 4.79 Å². The number of benzene rings is 2. The van der Waals surface area contributed by atoms with E-state index >= 15 is 0 Å². The van der Waals surface area contributed by atoms with Crippen molar-refractivity contribution in [3.05, 3.63) is 59.7 Å². The molecule has 0 aliphatic rings. The quantitative estimate of drug-likeness (QED) is 0.627. The molecule has 2 rings (SSSR count). The third-order valence-corrected chi connectivity index (χ3v) is 3.39. The van der Waals surface area contributed by atoms with Gasteiger partial charge in [0.25, 0.3) is 5.91 Å². The lowest BCUT2D eigenvalue weighted by atomic mass is 10.0. The van der Waals surface area contributed by atoms with Gasteiger partial charge < -0.3 is 9.47 Å². The highest BCUT2D eigenvalue weighted by atomic mass is 16.5. The molecular weight excluding hydrogens is 304 g/mol. The normalized spacial score (nSPS) is 10.8.